The SMILES string of the molecule is CC/C=C\C/C=C\C/C=C\C/C=C\C/C=C\C/C=C\C/C=C\C/C=C\C/C=C\C/C=C\CCCCCCCCCCCCC(=O)OC(COC(=O)CCCCCCCCCC/C=C\C/C=C\C/C=C\C/C=C\C/C=C\C/C=C\C/C=C\C/C=C\C/C=C\C/C=C\CC)COP(=O)(O)OCC[N+](C)(C)C. The number of carbonyl (C=O) groups excluding carboxylic acids is 2. The number of rotatable bonds is 72. The lowest BCUT2D eigenvalue weighted by atomic mass is 10.0. The molecule has 0 aromatic rings. The first kappa shape index (κ1) is 97.8. The zero-order valence-corrected chi connectivity index (χ0v) is 67.3. The van der Waals surface area contributed by atoms with Gasteiger partial charge in [-0.3, -0.25) is 18.6 Å². The van der Waals surface area contributed by atoms with Crippen LogP contribution in [-0.4, -0.2) is 74.9 Å². The Bertz CT molecular complexity index is 2670. The molecule has 0 bridgehead atoms. The zero-order chi connectivity index (χ0) is 75.4. The van der Waals surface area contributed by atoms with Crippen LogP contribution < -0.4 is 0 Å². The smallest absolute Gasteiger partial charge is 0.462 e. The van der Waals surface area contributed by atoms with Gasteiger partial charge in [-0.15, -0.1) is 0 Å². The number of nitrogens with zero attached hydrogens (tertiary/aromatic N) is 1. The van der Waals surface area contributed by atoms with Gasteiger partial charge in [0.05, 0.1) is 27.7 Å². The van der Waals surface area contributed by atoms with Gasteiger partial charge in [-0.25, -0.2) is 4.57 Å². The van der Waals surface area contributed by atoms with Crippen molar-refractivity contribution in [3.8, 4) is 0 Å². The maximum Gasteiger partial charge on any atom is 0.472 e. The Morgan fingerprint density at radius 1 is 0.298 bits per heavy atom. The monoisotopic (exact) mass is 1450 g/mol. The minimum Gasteiger partial charge on any atom is -0.462 e. The summed E-state index contributed by atoms with van der Waals surface area (Å²) in [6.45, 7) is 4.17. The highest BCUT2D eigenvalue weighted by Gasteiger charge is 2.27. The second-order valence-corrected chi connectivity index (χ2v) is 28.8. The summed E-state index contributed by atoms with van der Waals surface area (Å²) in [5, 5.41) is 0. The van der Waals surface area contributed by atoms with E-state index in [0.717, 1.165) is 180 Å². The topological polar surface area (TPSA) is 108 Å². The molecule has 2 unspecified atom stereocenters. The number of likely N-dealkylation sites (N-methyl/N-ethyl adjacent to an activating group) is 1. The summed E-state index contributed by atoms with van der Waals surface area (Å²) in [5.74, 6) is -0.826. The molecule has 0 fully saturated rings. The second-order valence-electron chi connectivity index (χ2n) is 27.3. The molecule has 9 nitrogen and oxygen atoms in total. The van der Waals surface area contributed by atoms with Gasteiger partial charge in [0.15, 0.2) is 6.10 Å². The van der Waals surface area contributed by atoms with Crippen molar-refractivity contribution in [1.82, 2.24) is 0 Å². The average Bonchev–Trinajstić information content (AvgIpc) is 0.920. The van der Waals surface area contributed by atoms with Crippen LogP contribution in [0.1, 0.15) is 284 Å². The summed E-state index contributed by atoms with van der Waals surface area (Å²) >= 11 is 0. The Kier molecular flexibility index (Phi) is 76.1. The quantitative estimate of drug-likeness (QED) is 0.0211. The second kappa shape index (κ2) is 80.9. The lowest BCUT2D eigenvalue weighted by Gasteiger charge is -2.24. The summed E-state index contributed by atoms with van der Waals surface area (Å²) in [6.07, 6.45) is 131. The third-order valence-corrected chi connectivity index (χ3v) is 17.4. The largest absolute Gasteiger partial charge is 0.472 e. The number of phosphoric ester groups is 1. The highest BCUT2D eigenvalue weighted by atomic mass is 31.2. The summed E-state index contributed by atoms with van der Waals surface area (Å²) in [6, 6.07) is 0. The number of carbonyl (C=O) groups is 2. The maximum absolute atomic E-state index is 12.9. The molecule has 0 aromatic heterocycles. The first-order valence-electron chi connectivity index (χ1n) is 40.8. The molecule has 0 aliphatic heterocycles. The summed E-state index contributed by atoms with van der Waals surface area (Å²) in [7, 11) is 1.44. The van der Waals surface area contributed by atoms with Gasteiger partial charge in [-0.05, 0) is 167 Å². The fourth-order valence-electron chi connectivity index (χ4n) is 10.2. The van der Waals surface area contributed by atoms with Gasteiger partial charge >= 0.3 is 19.8 Å². The van der Waals surface area contributed by atoms with E-state index in [1.165, 1.54) is 64.2 Å². The van der Waals surface area contributed by atoms with Crippen LogP contribution >= 0.6 is 7.82 Å². The van der Waals surface area contributed by atoms with E-state index < -0.39 is 26.5 Å². The van der Waals surface area contributed by atoms with Crippen molar-refractivity contribution in [1.29, 1.82) is 0 Å². The minimum absolute atomic E-state index is 0.0173. The molecule has 10 heteroatoms. The number of ether oxygens (including phenoxy) is 2. The Morgan fingerprint density at radius 3 is 0.769 bits per heavy atom. The molecule has 1 N–H and O–H groups in total. The van der Waals surface area contributed by atoms with E-state index in [1.807, 2.05) is 21.1 Å². The van der Waals surface area contributed by atoms with E-state index in [1.54, 1.807) is 0 Å². The van der Waals surface area contributed by atoms with Crippen molar-refractivity contribution in [2.75, 3.05) is 47.5 Å². The van der Waals surface area contributed by atoms with Gasteiger partial charge in [0.25, 0.3) is 0 Å². The number of esters is 2. The van der Waals surface area contributed by atoms with Gasteiger partial charge in [-0.1, -0.05) is 347 Å². The Labute approximate surface area is 638 Å². The molecule has 0 saturated carbocycles. The molecular weight excluding hydrogens is 1300 g/mol. The van der Waals surface area contributed by atoms with E-state index in [4.69, 9.17) is 18.5 Å². The number of hydrogen-bond acceptors (Lipinski definition) is 7. The lowest BCUT2D eigenvalue weighted by molar-refractivity contribution is -0.870. The molecule has 0 spiro atoms. The highest BCUT2D eigenvalue weighted by Crippen LogP contribution is 2.43. The number of allylic oxidation sites excluding steroid dienone is 40. The van der Waals surface area contributed by atoms with E-state index in [-0.39, 0.29) is 32.0 Å². The zero-order valence-electron chi connectivity index (χ0n) is 66.4. The molecule has 2 atom stereocenters. The molecule has 0 aliphatic carbocycles. The van der Waals surface area contributed by atoms with Crippen molar-refractivity contribution in [2.24, 2.45) is 0 Å². The van der Waals surface area contributed by atoms with Crippen LogP contribution in [0.4, 0.5) is 0 Å². The van der Waals surface area contributed by atoms with E-state index in [9.17, 15) is 19.0 Å². The first-order chi connectivity index (χ1) is 51.0. The van der Waals surface area contributed by atoms with E-state index in [0.29, 0.717) is 23.9 Å². The molecule has 582 valence electrons. The van der Waals surface area contributed by atoms with Crippen molar-refractivity contribution >= 4 is 19.8 Å². The lowest BCUT2D eigenvalue weighted by Crippen LogP contribution is -2.37. The van der Waals surface area contributed by atoms with Gasteiger partial charge < -0.3 is 18.9 Å². The number of phosphoric acid groups is 1. The standard InChI is InChI=1S/C94H148NO8P/c1-6-8-10-12-14-16-18-20-22-24-26-28-30-32-34-36-38-40-42-44-46-47-49-51-53-55-57-59-61-63-65-67-69-71-73-75-77-79-81-83-85-87-94(97)103-92(91-102-104(98,99)101-89-88-95(3,4)5)90-100-93(96)86-84-82-80-78-76-74-72-70-68-66-64-62-60-58-56-54-52-50-48-45-43-41-39-37-35-33-31-29-27-25-23-21-19-17-15-13-11-9-7-2/h8-11,14-17,20-23,26-29,32-35,38-41,44-46,48-49,51-52,54-55,57-58,60-61,63-64,66,92H,6-7,12-13,18-19,24-25,30-31,36-37,42-43,47,50,53,56,59,62,65,67-91H2,1-5H3/p+1/b10-8-,11-9-,16-14-,17-15-,22-20-,23-21-,28-26-,29-27-,34-32-,35-33-,40-38-,41-39-,46-44-,48-45-,51-49-,54-52-,57-55-,60-58-,63-61-,66-64-. The van der Waals surface area contributed by atoms with Gasteiger partial charge in [0.2, 0.25) is 0 Å². The molecular formula is C94H149NO8P+. The van der Waals surface area contributed by atoms with Crippen LogP contribution in [0.5, 0.6) is 0 Å². The minimum atomic E-state index is -4.42. The van der Waals surface area contributed by atoms with Crippen molar-refractivity contribution in [3.63, 3.8) is 0 Å². The molecule has 0 aliphatic rings. The molecule has 0 radical (unpaired) electrons. The number of unbranched alkanes of at least 4 members (excludes halogenated alkanes) is 18. The van der Waals surface area contributed by atoms with Crippen LogP contribution in [0.2, 0.25) is 0 Å². The first-order valence-corrected chi connectivity index (χ1v) is 42.3. The molecule has 104 heavy (non-hydrogen) atoms. The third-order valence-electron chi connectivity index (χ3n) is 16.4. The van der Waals surface area contributed by atoms with E-state index in [2.05, 4.69) is 257 Å². The highest BCUT2D eigenvalue weighted by molar-refractivity contribution is 7.47. The van der Waals surface area contributed by atoms with Crippen LogP contribution in [0.3, 0.4) is 0 Å². The summed E-state index contributed by atoms with van der Waals surface area (Å²) in [5.41, 5.74) is 0. The van der Waals surface area contributed by atoms with Gasteiger partial charge in [0, 0.05) is 12.8 Å². The van der Waals surface area contributed by atoms with Crippen LogP contribution in [-0.2, 0) is 32.7 Å². The Morgan fingerprint density at radius 2 is 0.519 bits per heavy atom. The van der Waals surface area contributed by atoms with Crippen molar-refractivity contribution in [2.45, 2.75) is 290 Å². The fraction of sp³-hybridized carbons (Fsp3) is 0.553. The Balaban J connectivity index is 4.12. The molecule has 0 amide bonds. The van der Waals surface area contributed by atoms with Crippen LogP contribution in [0.25, 0.3) is 0 Å². The number of hydrogen-bond donors (Lipinski definition) is 1. The van der Waals surface area contributed by atoms with Crippen molar-refractivity contribution in [3.05, 3.63) is 243 Å². The van der Waals surface area contributed by atoms with Gasteiger partial charge in [0.1, 0.15) is 19.8 Å². The van der Waals surface area contributed by atoms with Crippen LogP contribution in [0, 0.1) is 0 Å². The number of quaternary nitrogens is 1. The maximum atomic E-state index is 12.9. The fourth-order valence-corrected chi connectivity index (χ4v) is 11.0. The molecule has 0 saturated heterocycles. The third kappa shape index (κ3) is 84.7. The normalized spacial score (nSPS) is 14.3. The van der Waals surface area contributed by atoms with Crippen molar-refractivity contribution < 1.29 is 42.1 Å². The summed E-state index contributed by atoms with van der Waals surface area (Å²) in [4.78, 5) is 36.0. The van der Waals surface area contributed by atoms with Gasteiger partial charge in [-0.2, -0.15) is 0 Å². The predicted octanol–water partition coefficient (Wildman–Crippen LogP) is 27.8. The Hall–Kier alpha value is -6.19. The molecule has 0 aromatic carbocycles. The summed E-state index contributed by atoms with van der Waals surface area (Å²) < 4.78 is 34.8. The van der Waals surface area contributed by atoms with Crippen LogP contribution in [0.15, 0.2) is 243 Å². The molecule has 0 heterocycles. The van der Waals surface area contributed by atoms with E-state index >= 15 is 0 Å². The predicted molar refractivity (Wildman–Crippen MR) is 454 cm³/mol. The average molecular weight is 1450 g/mol. The molecule has 0 rings (SSSR count).